The molecule has 142 valence electrons. The molecule has 3 aromatic rings. The lowest BCUT2D eigenvalue weighted by atomic mass is 10.1. The van der Waals surface area contributed by atoms with E-state index in [1.54, 1.807) is 13.3 Å². The molecule has 0 saturated heterocycles. The second-order valence-electron chi connectivity index (χ2n) is 5.83. The molecule has 0 aliphatic rings. The third-order valence-electron chi connectivity index (χ3n) is 3.94. The second-order valence-corrected chi connectivity index (χ2v) is 6.26. The first-order chi connectivity index (χ1) is 12.8. The van der Waals surface area contributed by atoms with Gasteiger partial charge in [0, 0.05) is 36.1 Å². The number of para-hydroxylation sites is 1. The Bertz CT molecular complexity index is 827. The van der Waals surface area contributed by atoms with Crippen molar-refractivity contribution >= 4 is 24.0 Å². The van der Waals surface area contributed by atoms with Crippen molar-refractivity contribution in [2.75, 3.05) is 7.11 Å². The molecule has 1 N–H and O–H groups in total. The highest BCUT2D eigenvalue weighted by atomic mass is 35.5. The minimum absolute atomic E-state index is 0. The van der Waals surface area contributed by atoms with Crippen LogP contribution in [0, 0.1) is 0 Å². The van der Waals surface area contributed by atoms with Crippen molar-refractivity contribution in [3.8, 4) is 11.5 Å². The van der Waals surface area contributed by atoms with Crippen LogP contribution in [-0.4, -0.2) is 12.1 Å². The molecule has 0 fully saturated rings. The molecule has 0 atom stereocenters. The normalized spacial score (nSPS) is 10.1. The van der Waals surface area contributed by atoms with E-state index in [9.17, 15) is 0 Å². The number of hydrogen-bond acceptors (Lipinski definition) is 4. The van der Waals surface area contributed by atoms with Gasteiger partial charge in [-0.15, -0.1) is 12.4 Å². The largest absolute Gasteiger partial charge is 0.493 e. The number of pyridine rings is 1. The lowest BCUT2D eigenvalue weighted by Crippen LogP contribution is -2.14. The number of aromatic nitrogens is 1. The summed E-state index contributed by atoms with van der Waals surface area (Å²) in [4.78, 5) is 4.13. The monoisotopic (exact) mass is 404 g/mol. The highest BCUT2D eigenvalue weighted by molar-refractivity contribution is 6.30. The summed E-state index contributed by atoms with van der Waals surface area (Å²) in [5.74, 6) is 1.48. The molecule has 0 saturated carbocycles. The van der Waals surface area contributed by atoms with Crippen LogP contribution in [0.5, 0.6) is 11.5 Å². The van der Waals surface area contributed by atoms with Crippen molar-refractivity contribution in [3.63, 3.8) is 0 Å². The van der Waals surface area contributed by atoms with Gasteiger partial charge in [0.25, 0.3) is 0 Å². The Morgan fingerprint density at radius 3 is 2.48 bits per heavy atom. The molecule has 0 radical (unpaired) electrons. The van der Waals surface area contributed by atoms with Gasteiger partial charge in [0.05, 0.1) is 7.11 Å². The van der Waals surface area contributed by atoms with Crippen LogP contribution in [0.25, 0.3) is 0 Å². The summed E-state index contributed by atoms with van der Waals surface area (Å²) < 4.78 is 11.5. The van der Waals surface area contributed by atoms with E-state index in [0.29, 0.717) is 18.2 Å². The number of halogens is 2. The SMILES string of the molecule is COc1cccc(CNCc2cccnc2)c1OCc1ccc(Cl)cc1.Cl. The van der Waals surface area contributed by atoms with Gasteiger partial charge in [-0.3, -0.25) is 4.98 Å². The summed E-state index contributed by atoms with van der Waals surface area (Å²) >= 11 is 5.94. The molecule has 27 heavy (non-hydrogen) atoms. The van der Waals surface area contributed by atoms with Gasteiger partial charge in [0.1, 0.15) is 6.61 Å². The van der Waals surface area contributed by atoms with Crippen LogP contribution < -0.4 is 14.8 Å². The smallest absolute Gasteiger partial charge is 0.166 e. The van der Waals surface area contributed by atoms with Gasteiger partial charge in [-0.05, 0) is 35.4 Å². The lowest BCUT2D eigenvalue weighted by molar-refractivity contribution is 0.280. The van der Waals surface area contributed by atoms with Crippen LogP contribution in [0.4, 0.5) is 0 Å². The molecule has 0 aliphatic carbocycles. The highest BCUT2D eigenvalue weighted by Crippen LogP contribution is 2.32. The Morgan fingerprint density at radius 1 is 0.963 bits per heavy atom. The molecule has 0 unspecified atom stereocenters. The molecule has 1 heterocycles. The average Bonchev–Trinajstić information content (AvgIpc) is 2.69. The van der Waals surface area contributed by atoms with Gasteiger partial charge < -0.3 is 14.8 Å². The van der Waals surface area contributed by atoms with Crippen molar-refractivity contribution in [3.05, 3.63) is 88.7 Å². The second kappa shape index (κ2) is 10.8. The summed E-state index contributed by atoms with van der Waals surface area (Å²) in [7, 11) is 1.65. The average molecular weight is 405 g/mol. The van der Waals surface area contributed by atoms with Crippen LogP contribution >= 0.6 is 24.0 Å². The summed E-state index contributed by atoms with van der Waals surface area (Å²) in [5, 5.41) is 4.14. The number of ether oxygens (including phenoxy) is 2. The maximum Gasteiger partial charge on any atom is 0.166 e. The van der Waals surface area contributed by atoms with Crippen molar-refractivity contribution in [2.45, 2.75) is 19.7 Å². The molecular weight excluding hydrogens is 383 g/mol. The summed E-state index contributed by atoms with van der Waals surface area (Å²) in [6.07, 6.45) is 3.63. The zero-order chi connectivity index (χ0) is 18.2. The topological polar surface area (TPSA) is 43.4 Å². The minimum Gasteiger partial charge on any atom is -0.493 e. The first-order valence-electron chi connectivity index (χ1n) is 8.39. The van der Waals surface area contributed by atoms with Crippen LogP contribution in [-0.2, 0) is 19.7 Å². The predicted molar refractivity (Wildman–Crippen MR) is 111 cm³/mol. The molecule has 6 heteroatoms. The number of benzene rings is 2. The quantitative estimate of drug-likeness (QED) is 0.571. The van der Waals surface area contributed by atoms with Crippen molar-refractivity contribution < 1.29 is 9.47 Å². The van der Waals surface area contributed by atoms with E-state index in [0.717, 1.165) is 34.7 Å². The Labute approximate surface area is 170 Å². The Morgan fingerprint density at radius 2 is 1.78 bits per heavy atom. The van der Waals surface area contributed by atoms with E-state index in [4.69, 9.17) is 21.1 Å². The zero-order valence-electron chi connectivity index (χ0n) is 15.0. The Kier molecular flexibility index (Phi) is 8.40. The van der Waals surface area contributed by atoms with Gasteiger partial charge in [0.2, 0.25) is 0 Å². The van der Waals surface area contributed by atoms with Gasteiger partial charge in [-0.25, -0.2) is 0 Å². The van der Waals surface area contributed by atoms with Crippen LogP contribution in [0.1, 0.15) is 16.7 Å². The standard InChI is InChI=1S/C21H21ClN2O2.ClH/c1-25-20-6-2-5-18(14-24-13-17-4-3-11-23-12-17)21(20)26-15-16-7-9-19(22)10-8-16;/h2-12,24H,13-15H2,1H3;1H. The summed E-state index contributed by atoms with van der Waals surface area (Å²) in [6.45, 7) is 1.86. The maximum atomic E-state index is 6.07. The van der Waals surface area contributed by atoms with Crippen molar-refractivity contribution in [1.29, 1.82) is 0 Å². The minimum atomic E-state index is 0. The van der Waals surface area contributed by atoms with Gasteiger partial charge in [-0.2, -0.15) is 0 Å². The van der Waals surface area contributed by atoms with Gasteiger partial charge in [-0.1, -0.05) is 41.9 Å². The maximum absolute atomic E-state index is 6.07. The molecule has 0 amide bonds. The molecule has 0 bridgehead atoms. The zero-order valence-corrected chi connectivity index (χ0v) is 16.6. The Hall–Kier alpha value is -2.27. The molecule has 0 aliphatic heterocycles. The third kappa shape index (κ3) is 6.14. The summed E-state index contributed by atoms with van der Waals surface area (Å²) in [6, 6.07) is 17.5. The first-order valence-corrected chi connectivity index (χ1v) is 8.77. The number of methoxy groups -OCH3 is 1. The molecule has 3 rings (SSSR count). The fourth-order valence-electron chi connectivity index (χ4n) is 2.61. The van der Waals surface area contributed by atoms with E-state index in [1.807, 2.05) is 60.8 Å². The number of nitrogens with zero attached hydrogens (tertiary/aromatic N) is 1. The molecule has 4 nitrogen and oxygen atoms in total. The fraction of sp³-hybridized carbons (Fsp3) is 0.190. The first kappa shape index (κ1) is 21.0. The Balaban J connectivity index is 0.00000261. The fourth-order valence-corrected chi connectivity index (χ4v) is 2.73. The number of nitrogens with one attached hydrogen (secondary N) is 1. The predicted octanol–water partition coefficient (Wildman–Crippen LogP) is 5.03. The van der Waals surface area contributed by atoms with E-state index in [2.05, 4.69) is 10.3 Å². The van der Waals surface area contributed by atoms with Crippen LogP contribution in [0.2, 0.25) is 5.02 Å². The van der Waals surface area contributed by atoms with Gasteiger partial charge >= 0.3 is 0 Å². The molecular formula is C21H22Cl2N2O2. The van der Waals surface area contributed by atoms with Crippen molar-refractivity contribution in [2.24, 2.45) is 0 Å². The third-order valence-corrected chi connectivity index (χ3v) is 4.20. The van der Waals surface area contributed by atoms with E-state index in [1.165, 1.54) is 0 Å². The lowest BCUT2D eigenvalue weighted by Gasteiger charge is -2.16. The number of hydrogen-bond donors (Lipinski definition) is 1. The highest BCUT2D eigenvalue weighted by Gasteiger charge is 2.11. The van der Waals surface area contributed by atoms with Crippen LogP contribution in [0.3, 0.4) is 0 Å². The van der Waals surface area contributed by atoms with Crippen molar-refractivity contribution in [1.82, 2.24) is 10.3 Å². The van der Waals surface area contributed by atoms with E-state index < -0.39 is 0 Å². The van der Waals surface area contributed by atoms with Crippen LogP contribution in [0.15, 0.2) is 67.0 Å². The van der Waals surface area contributed by atoms with E-state index >= 15 is 0 Å². The van der Waals surface area contributed by atoms with Gasteiger partial charge in [0.15, 0.2) is 11.5 Å². The number of rotatable bonds is 8. The molecule has 2 aromatic carbocycles. The molecule has 1 aromatic heterocycles. The molecule has 0 spiro atoms. The summed E-state index contributed by atoms with van der Waals surface area (Å²) in [5.41, 5.74) is 3.23. The van der Waals surface area contributed by atoms with E-state index in [-0.39, 0.29) is 12.4 Å².